The van der Waals surface area contributed by atoms with Gasteiger partial charge in [-0.2, -0.15) is 0 Å². The number of rotatable bonds is 8. The summed E-state index contributed by atoms with van der Waals surface area (Å²) in [5.74, 6) is -0.254. The minimum absolute atomic E-state index is 0.0196. The number of methoxy groups -OCH3 is 1. The van der Waals surface area contributed by atoms with Crippen molar-refractivity contribution < 1.29 is 19.1 Å². The molecule has 0 saturated carbocycles. The Morgan fingerprint density at radius 1 is 0.800 bits per heavy atom. The van der Waals surface area contributed by atoms with Crippen molar-refractivity contribution in [2.45, 2.75) is 0 Å². The molecule has 0 radical (unpaired) electrons. The molecule has 0 fully saturated rings. The molecule has 0 saturated heterocycles. The zero-order valence-electron chi connectivity index (χ0n) is 16.7. The van der Waals surface area contributed by atoms with Gasteiger partial charge in [0.25, 0.3) is 0 Å². The Labute approximate surface area is 176 Å². The van der Waals surface area contributed by atoms with Crippen LogP contribution < -0.4 is 4.74 Å². The third kappa shape index (κ3) is 5.79. The van der Waals surface area contributed by atoms with Crippen LogP contribution in [0.25, 0.3) is 12.2 Å². The first-order chi connectivity index (χ1) is 14.7. The van der Waals surface area contributed by atoms with Gasteiger partial charge in [0.2, 0.25) is 0 Å². The molecule has 0 atom stereocenters. The molecule has 3 rings (SSSR count). The Hall–Kier alpha value is -3.92. The number of hydrogen-bond donors (Lipinski definition) is 0. The van der Waals surface area contributed by atoms with Crippen LogP contribution in [0.15, 0.2) is 96.6 Å². The maximum atomic E-state index is 12.7. The van der Waals surface area contributed by atoms with E-state index in [1.165, 1.54) is 13.2 Å². The molecular weight excluding hydrogens is 376 g/mol. The van der Waals surface area contributed by atoms with Gasteiger partial charge in [-0.05, 0) is 35.4 Å². The fourth-order valence-corrected chi connectivity index (χ4v) is 2.82. The number of ketones is 1. The lowest BCUT2D eigenvalue weighted by Crippen LogP contribution is -2.13. The second kappa shape index (κ2) is 10.6. The van der Waals surface area contributed by atoms with Crippen LogP contribution in [0.3, 0.4) is 0 Å². The number of hydrogen-bond acceptors (Lipinski definition) is 4. The molecule has 0 bridgehead atoms. The topological polar surface area (TPSA) is 52.6 Å². The molecule has 0 aliphatic heterocycles. The molecular formula is C26H22O4. The Morgan fingerprint density at radius 2 is 1.40 bits per heavy atom. The lowest BCUT2D eigenvalue weighted by Gasteiger charge is -2.11. The van der Waals surface area contributed by atoms with Gasteiger partial charge in [-0.25, -0.2) is 4.79 Å². The van der Waals surface area contributed by atoms with E-state index in [-0.39, 0.29) is 12.4 Å². The number of benzene rings is 3. The van der Waals surface area contributed by atoms with Crippen molar-refractivity contribution >= 4 is 23.9 Å². The zero-order valence-corrected chi connectivity index (χ0v) is 16.7. The maximum absolute atomic E-state index is 12.7. The second-order valence-corrected chi connectivity index (χ2v) is 6.46. The van der Waals surface area contributed by atoms with E-state index in [0.29, 0.717) is 16.9 Å². The number of carbonyl (C=O) groups is 2. The third-order valence-electron chi connectivity index (χ3n) is 4.35. The van der Waals surface area contributed by atoms with Crippen LogP contribution in [0.4, 0.5) is 0 Å². The van der Waals surface area contributed by atoms with Crippen molar-refractivity contribution in [3.8, 4) is 5.75 Å². The lowest BCUT2D eigenvalue weighted by molar-refractivity contribution is -0.136. The Balaban J connectivity index is 1.78. The first-order valence-corrected chi connectivity index (χ1v) is 9.50. The van der Waals surface area contributed by atoms with Crippen molar-refractivity contribution in [3.05, 3.63) is 113 Å². The molecule has 4 heteroatoms. The number of esters is 1. The SMILES string of the molecule is COC(=O)/C(=C/c1ccccc1)COc1ccccc1C(=O)C=Cc1ccccc1. The molecule has 0 aromatic heterocycles. The quantitative estimate of drug-likeness (QED) is 0.297. The molecule has 3 aromatic rings. The largest absolute Gasteiger partial charge is 0.488 e. The van der Waals surface area contributed by atoms with E-state index in [1.807, 2.05) is 60.7 Å². The molecule has 0 aliphatic rings. The first-order valence-electron chi connectivity index (χ1n) is 9.50. The van der Waals surface area contributed by atoms with Gasteiger partial charge in [0.15, 0.2) is 5.78 Å². The normalized spacial score (nSPS) is 11.3. The van der Waals surface area contributed by atoms with E-state index >= 15 is 0 Å². The van der Waals surface area contributed by atoms with Gasteiger partial charge in [0, 0.05) is 0 Å². The maximum Gasteiger partial charge on any atom is 0.337 e. The average molecular weight is 398 g/mol. The van der Waals surface area contributed by atoms with Crippen molar-refractivity contribution in [1.29, 1.82) is 0 Å². The fraction of sp³-hybridized carbons (Fsp3) is 0.0769. The molecule has 0 unspecified atom stereocenters. The van der Waals surface area contributed by atoms with Crippen molar-refractivity contribution in [2.75, 3.05) is 13.7 Å². The van der Waals surface area contributed by atoms with Gasteiger partial charge in [0.05, 0.1) is 18.2 Å². The first kappa shape index (κ1) is 20.8. The molecule has 4 nitrogen and oxygen atoms in total. The van der Waals surface area contributed by atoms with Crippen molar-refractivity contribution in [1.82, 2.24) is 0 Å². The van der Waals surface area contributed by atoms with E-state index < -0.39 is 5.97 Å². The summed E-state index contributed by atoms with van der Waals surface area (Å²) in [5, 5.41) is 0. The predicted molar refractivity (Wildman–Crippen MR) is 118 cm³/mol. The van der Waals surface area contributed by atoms with Crippen LogP contribution in [0, 0.1) is 0 Å². The number of para-hydroxylation sites is 1. The van der Waals surface area contributed by atoms with Gasteiger partial charge in [-0.1, -0.05) is 78.9 Å². The lowest BCUT2D eigenvalue weighted by atomic mass is 10.1. The average Bonchev–Trinajstić information content (AvgIpc) is 2.81. The van der Waals surface area contributed by atoms with E-state index in [2.05, 4.69) is 0 Å². The predicted octanol–water partition coefficient (Wildman–Crippen LogP) is 5.22. The zero-order chi connectivity index (χ0) is 21.2. The molecule has 0 amide bonds. The standard InChI is InChI=1S/C26H22O4/c1-29-26(28)22(18-21-12-6-3-7-13-21)19-30-25-15-9-8-14-23(25)24(27)17-16-20-10-4-2-5-11-20/h2-18H,19H2,1H3/b17-16?,22-18+. The van der Waals surface area contributed by atoms with E-state index in [0.717, 1.165) is 11.1 Å². The summed E-state index contributed by atoms with van der Waals surface area (Å²) in [6, 6.07) is 26.0. The van der Waals surface area contributed by atoms with Crippen LogP contribution in [-0.2, 0) is 9.53 Å². The highest BCUT2D eigenvalue weighted by Gasteiger charge is 2.14. The van der Waals surface area contributed by atoms with Gasteiger partial charge in [-0.15, -0.1) is 0 Å². The summed E-state index contributed by atoms with van der Waals surface area (Å²) in [4.78, 5) is 24.9. The highest BCUT2D eigenvalue weighted by molar-refractivity contribution is 6.08. The number of allylic oxidation sites excluding steroid dienone is 1. The summed E-state index contributed by atoms with van der Waals surface area (Å²) in [5.41, 5.74) is 2.57. The summed E-state index contributed by atoms with van der Waals surface area (Å²) in [6.45, 7) is -0.0196. The smallest absolute Gasteiger partial charge is 0.337 e. The van der Waals surface area contributed by atoms with Crippen molar-refractivity contribution in [3.63, 3.8) is 0 Å². The Morgan fingerprint density at radius 3 is 2.07 bits per heavy atom. The Bertz CT molecular complexity index is 1050. The Kier molecular flexibility index (Phi) is 7.34. The van der Waals surface area contributed by atoms with Crippen LogP contribution in [-0.4, -0.2) is 25.5 Å². The highest BCUT2D eigenvalue weighted by atomic mass is 16.5. The van der Waals surface area contributed by atoms with Crippen LogP contribution in [0.1, 0.15) is 21.5 Å². The van der Waals surface area contributed by atoms with Gasteiger partial charge >= 0.3 is 5.97 Å². The fourth-order valence-electron chi connectivity index (χ4n) is 2.82. The monoisotopic (exact) mass is 398 g/mol. The molecule has 0 spiro atoms. The number of carbonyl (C=O) groups excluding carboxylic acids is 2. The summed E-state index contributed by atoms with van der Waals surface area (Å²) in [7, 11) is 1.33. The molecule has 0 aliphatic carbocycles. The van der Waals surface area contributed by atoms with Crippen molar-refractivity contribution in [2.24, 2.45) is 0 Å². The van der Waals surface area contributed by atoms with Gasteiger partial charge in [0.1, 0.15) is 12.4 Å². The molecule has 3 aromatic carbocycles. The number of ether oxygens (including phenoxy) is 2. The van der Waals surface area contributed by atoms with Crippen LogP contribution in [0.2, 0.25) is 0 Å². The second-order valence-electron chi connectivity index (χ2n) is 6.46. The van der Waals surface area contributed by atoms with Gasteiger partial charge < -0.3 is 9.47 Å². The molecule has 150 valence electrons. The highest BCUT2D eigenvalue weighted by Crippen LogP contribution is 2.21. The summed E-state index contributed by atoms with van der Waals surface area (Å²) < 4.78 is 10.7. The van der Waals surface area contributed by atoms with E-state index in [4.69, 9.17) is 9.47 Å². The van der Waals surface area contributed by atoms with E-state index in [9.17, 15) is 9.59 Å². The van der Waals surface area contributed by atoms with Crippen LogP contribution >= 0.6 is 0 Å². The summed E-state index contributed by atoms with van der Waals surface area (Å²) in [6.07, 6.45) is 4.98. The minimum Gasteiger partial charge on any atom is -0.488 e. The third-order valence-corrected chi connectivity index (χ3v) is 4.35. The van der Waals surface area contributed by atoms with Gasteiger partial charge in [-0.3, -0.25) is 4.79 Å². The molecule has 0 heterocycles. The molecule has 0 N–H and O–H groups in total. The van der Waals surface area contributed by atoms with E-state index in [1.54, 1.807) is 36.4 Å². The van der Waals surface area contributed by atoms with Crippen LogP contribution in [0.5, 0.6) is 5.75 Å². The molecule has 30 heavy (non-hydrogen) atoms. The summed E-state index contributed by atoms with van der Waals surface area (Å²) >= 11 is 0. The minimum atomic E-state index is -0.480.